The van der Waals surface area contributed by atoms with E-state index in [4.69, 9.17) is 21.1 Å². The molecule has 2 rings (SSSR count). The summed E-state index contributed by atoms with van der Waals surface area (Å²) in [5.41, 5.74) is 4.84. The molecule has 2 aromatic rings. The van der Waals surface area contributed by atoms with Gasteiger partial charge in [-0.05, 0) is 48.7 Å². The summed E-state index contributed by atoms with van der Waals surface area (Å²) in [6.45, 7) is 2.17. The first-order chi connectivity index (χ1) is 14.4. The highest BCUT2D eigenvalue weighted by Crippen LogP contribution is 2.27. The summed E-state index contributed by atoms with van der Waals surface area (Å²) < 4.78 is 10.5. The van der Waals surface area contributed by atoms with Crippen LogP contribution in [0.3, 0.4) is 0 Å². The minimum Gasteiger partial charge on any atom is -0.493 e. The van der Waals surface area contributed by atoms with E-state index in [9.17, 15) is 9.59 Å². The second kappa shape index (κ2) is 11.8. The Balaban J connectivity index is 1.73. The molecule has 0 saturated heterocycles. The number of nitrogens with zero attached hydrogens (tertiary/aromatic N) is 1. The Morgan fingerprint density at radius 2 is 1.63 bits per heavy atom. The lowest BCUT2D eigenvalue weighted by atomic mass is 10.1. The van der Waals surface area contributed by atoms with Crippen molar-refractivity contribution in [3.63, 3.8) is 0 Å². The van der Waals surface area contributed by atoms with Crippen LogP contribution in [0.2, 0.25) is 5.02 Å². The van der Waals surface area contributed by atoms with E-state index in [0.717, 1.165) is 11.1 Å². The fraction of sp³-hybridized carbons (Fsp3) is 0.318. The zero-order valence-corrected chi connectivity index (χ0v) is 18.1. The van der Waals surface area contributed by atoms with Crippen LogP contribution in [-0.4, -0.2) is 38.3 Å². The third-order valence-electron chi connectivity index (χ3n) is 4.25. The van der Waals surface area contributed by atoms with Crippen molar-refractivity contribution in [2.45, 2.75) is 26.2 Å². The average Bonchev–Trinajstić information content (AvgIpc) is 2.73. The van der Waals surface area contributed by atoms with Gasteiger partial charge in [0, 0.05) is 17.3 Å². The number of hydrogen-bond donors (Lipinski definition) is 2. The van der Waals surface area contributed by atoms with E-state index in [1.807, 2.05) is 18.2 Å². The van der Waals surface area contributed by atoms with Crippen LogP contribution in [0.4, 0.5) is 0 Å². The van der Waals surface area contributed by atoms with Crippen molar-refractivity contribution in [2.75, 3.05) is 20.8 Å². The third-order valence-corrected chi connectivity index (χ3v) is 4.50. The van der Waals surface area contributed by atoms with E-state index in [-0.39, 0.29) is 24.7 Å². The SMILES string of the molecule is COc1ccc(CCNC(=O)CC(C)=NNC(=O)Cc2ccc(Cl)cc2)cc1OC. The first kappa shape index (κ1) is 23.2. The molecule has 0 radical (unpaired) electrons. The molecular formula is C22H26ClN3O4. The molecule has 30 heavy (non-hydrogen) atoms. The Bertz CT molecular complexity index is 898. The number of carbonyl (C=O) groups excluding carboxylic acids is 2. The normalized spacial score (nSPS) is 11.0. The molecule has 0 saturated carbocycles. The van der Waals surface area contributed by atoms with Crippen molar-refractivity contribution in [2.24, 2.45) is 5.10 Å². The van der Waals surface area contributed by atoms with Gasteiger partial charge in [0.25, 0.3) is 0 Å². The Kier molecular flexibility index (Phi) is 9.15. The number of hydrazone groups is 1. The lowest BCUT2D eigenvalue weighted by molar-refractivity contribution is -0.121. The van der Waals surface area contributed by atoms with E-state index < -0.39 is 0 Å². The molecule has 0 aromatic heterocycles. The average molecular weight is 432 g/mol. The molecule has 0 unspecified atom stereocenters. The van der Waals surface area contributed by atoms with Crippen molar-refractivity contribution >= 4 is 29.1 Å². The molecule has 0 fully saturated rings. The van der Waals surface area contributed by atoms with Crippen LogP contribution in [0.25, 0.3) is 0 Å². The second-order valence-corrected chi connectivity index (χ2v) is 7.09. The zero-order valence-electron chi connectivity index (χ0n) is 17.3. The largest absolute Gasteiger partial charge is 0.493 e. The van der Waals surface area contributed by atoms with Gasteiger partial charge in [0.05, 0.1) is 27.1 Å². The standard InChI is InChI=1S/C22H26ClN3O4/c1-15(25-26-22(28)14-16-4-7-18(23)8-5-16)12-21(27)24-11-10-17-6-9-19(29-2)20(13-17)30-3/h4-9,13H,10-12,14H2,1-3H3,(H,24,27)(H,26,28). The van der Waals surface area contributed by atoms with Crippen molar-refractivity contribution < 1.29 is 19.1 Å². The van der Waals surface area contributed by atoms with Gasteiger partial charge < -0.3 is 14.8 Å². The monoisotopic (exact) mass is 431 g/mol. The molecule has 0 aliphatic rings. The number of rotatable bonds is 10. The number of methoxy groups -OCH3 is 2. The lowest BCUT2D eigenvalue weighted by Crippen LogP contribution is -2.28. The van der Waals surface area contributed by atoms with Crippen LogP contribution in [0.1, 0.15) is 24.5 Å². The molecule has 7 nitrogen and oxygen atoms in total. The van der Waals surface area contributed by atoms with Crippen molar-refractivity contribution in [3.05, 3.63) is 58.6 Å². The van der Waals surface area contributed by atoms with Gasteiger partial charge >= 0.3 is 0 Å². The van der Waals surface area contributed by atoms with Crippen LogP contribution in [0.15, 0.2) is 47.6 Å². The van der Waals surface area contributed by atoms with Crippen molar-refractivity contribution in [3.8, 4) is 11.5 Å². The Morgan fingerprint density at radius 3 is 2.30 bits per heavy atom. The van der Waals surface area contributed by atoms with Gasteiger partial charge in [0.15, 0.2) is 11.5 Å². The maximum atomic E-state index is 12.1. The molecule has 0 aliphatic heterocycles. The molecule has 0 aliphatic carbocycles. The Labute approximate surface area is 181 Å². The van der Waals surface area contributed by atoms with Gasteiger partial charge in [-0.3, -0.25) is 9.59 Å². The van der Waals surface area contributed by atoms with Gasteiger partial charge in [-0.15, -0.1) is 0 Å². The van der Waals surface area contributed by atoms with Gasteiger partial charge in [0.1, 0.15) is 0 Å². The number of ether oxygens (including phenoxy) is 2. The van der Waals surface area contributed by atoms with Crippen molar-refractivity contribution in [1.29, 1.82) is 0 Å². The van der Waals surface area contributed by atoms with Crippen molar-refractivity contribution in [1.82, 2.24) is 10.7 Å². The highest BCUT2D eigenvalue weighted by molar-refractivity contribution is 6.30. The molecule has 0 heterocycles. The summed E-state index contributed by atoms with van der Waals surface area (Å²) >= 11 is 5.83. The summed E-state index contributed by atoms with van der Waals surface area (Å²) in [7, 11) is 3.17. The fourth-order valence-electron chi connectivity index (χ4n) is 2.70. The lowest BCUT2D eigenvalue weighted by Gasteiger charge is -2.10. The van der Waals surface area contributed by atoms with E-state index in [1.165, 1.54) is 0 Å². The fourth-order valence-corrected chi connectivity index (χ4v) is 2.83. The van der Waals surface area contributed by atoms with E-state index in [2.05, 4.69) is 15.8 Å². The van der Waals surface area contributed by atoms with Gasteiger partial charge in [-0.2, -0.15) is 5.10 Å². The predicted molar refractivity (Wildman–Crippen MR) is 117 cm³/mol. The molecule has 8 heteroatoms. The van der Waals surface area contributed by atoms with Crippen LogP contribution < -0.4 is 20.2 Å². The summed E-state index contributed by atoms with van der Waals surface area (Å²) in [4.78, 5) is 24.0. The van der Waals surface area contributed by atoms with Crippen LogP contribution >= 0.6 is 11.6 Å². The Hall–Kier alpha value is -3.06. The van der Waals surface area contributed by atoms with Gasteiger partial charge in [-0.25, -0.2) is 5.43 Å². The summed E-state index contributed by atoms with van der Waals surface area (Å²) in [6, 6.07) is 12.7. The number of halogens is 1. The number of hydrogen-bond acceptors (Lipinski definition) is 5. The van der Waals surface area contributed by atoms with Gasteiger partial charge in [-0.1, -0.05) is 29.8 Å². The maximum Gasteiger partial charge on any atom is 0.244 e. The molecule has 0 bridgehead atoms. The molecular weight excluding hydrogens is 406 g/mol. The number of amides is 2. The van der Waals surface area contributed by atoms with E-state index in [0.29, 0.717) is 35.2 Å². The number of nitrogens with one attached hydrogen (secondary N) is 2. The van der Waals surface area contributed by atoms with Crippen LogP contribution in [0, 0.1) is 0 Å². The first-order valence-electron chi connectivity index (χ1n) is 9.45. The predicted octanol–water partition coefficient (Wildman–Crippen LogP) is 3.14. The highest BCUT2D eigenvalue weighted by atomic mass is 35.5. The topological polar surface area (TPSA) is 89.0 Å². The van der Waals surface area contributed by atoms with Gasteiger partial charge in [0.2, 0.25) is 11.8 Å². The maximum absolute atomic E-state index is 12.1. The second-order valence-electron chi connectivity index (χ2n) is 6.65. The Morgan fingerprint density at radius 1 is 0.967 bits per heavy atom. The number of carbonyl (C=O) groups is 2. The molecule has 2 amide bonds. The quantitative estimate of drug-likeness (QED) is 0.446. The third kappa shape index (κ3) is 7.75. The minimum absolute atomic E-state index is 0.104. The molecule has 0 spiro atoms. The molecule has 2 aromatic carbocycles. The summed E-state index contributed by atoms with van der Waals surface area (Å²) in [5.74, 6) is 0.892. The van der Waals surface area contributed by atoms with Crippen LogP contribution in [-0.2, 0) is 22.4 Å². The van der Waals surface area contributed by atoms with E-state index in [1.54, 1.807) is 45.4 Å². The minimum atomic E-state index is -0.259. The first-order valence-corrected chi connectivity index (χ1v) is 9.83. The summed E-state index contributed by atoms with van der Waals surface area (Å²) in [6.07, 6.45) is 0.943. The van der Waals surface area contributed by atoms with E-state index >= 15 is 0 Å². The zero-order chi connectivity index (χ0) is 21.9. The van der Waals surface area contributed by atoms with Crippen LogP contribution in [0.5, 0.6) is 11.5 Å². The summed E-state index contributed by atoms with van der Waals surface area (Å²) in [5, 5.41) is 7.45. The molecule has 160 valence electrons. The highest BCUT2D eigenvalue weighted by Gasteiger charge is 2.07. The smallest absolute Gasteiger partial charge is 0.244 e. The molecule has 0 atom stereocenters. The molecule has 2 N–H and O–H groups in total. The number of benzene rings is 2.